The second-order valence-electron chi connectivity index (χ2n) is 18.1. The maximum absolute atomic E-state index is 12.9. The fourth-order valence-electron chi connectivity index (χ4n) is 7.19. The number of rotatable bonds is 49. The molecule has 0 bridgehead atoms. The molecule has 1 unspecified atom stereocenters. The van der Waals surface area contributed by atoms with Crippen molar-refractivity contribution in [3.8, 4) is 0 Å². The second-order valence-corrected chi connectivity index (χ2v) is 18.1. The summed E-state index contributed by atoms with van der Waals surface area (Å²) in [4.78, 5) is 38.1. The number of unbranched alkanes of at least 4 members (excludes halogenated alkanes) is 16. The highest BCUT2D eigenvalue weighted by Crippen LogP contribution is 2.13. The number of ether oxygens (including phenoxy) is 3. The second kappa shape index (κ2) is 57.1. The van der Waals surface area contributed by atoms with Gasteiger partial charge in [0.1, 0.15) is 13.2 Å². The normalized spacial score (nSPS) is 13.1. The monoisotopic (exact) mass is 967 g/mol. The Balaban J connectivity index is 4.52. The summed E-state index contributed by atoms with van der Waals surface area (Å²) in [6.07, 6.45) is 80.1. The van der Waals surface area contributed by atoms with Gasteiger partial charge in [-0.15, -0.1) is 0 Å². The molecule has 0 aromatic rings. The van der Waals surface area contributed by atoms with E-state index >= 15 is 0 Å². The van der Waals surface area contributed by atoms with E-state index in [1.807, 2.05) is 0 Å². The van der Waals surface area contributed by atoms with Crippen molar-refractivity contribution in [3.63, 3.8) is 0 Å². The molecule has 0 aliphatic heterocycles. The first-order valence-corrected chi connectivity index (χ1v) is 28.2. The summed E-state index contributed by atoms with van der Waals surface area (Å²) < 4.78 is 16.8. The van der Waals surface area contributed by atoms with E-state index in [2.05, 4.69) is 154 Å². The average Bonchev–Trinajstić information content (AvgIpc) is 3.36. The Morgan fingerprint density at radius 3 is 0.914 bits per heavy atom. The van der Waals surface area contributed by atoms with Gasteiger partial charge in [-0.25, -0.2) is 0 Å². The first-order valence-electron chi connectivity index (χ1n) is 28.2. The highest BCUT2D eigenvalue weighted by Gasteiger charge is 2.19. The molecule has 0 heterocycles. The van der Waals surface area contributed by atoms with Gasteiger partial charge in [-0.3, -0.25) is 14.4 Å². The lowest BCUT2D eigenvalue weighted by Crippen LogP contribution is -2.30. The number of carbonyl (C=O) groups is 3. The molecule has 6 heteroatoms. The maximum atomic E-state index is 12.9. The number of hydrogen-bond donors (Lipinski definition) is 0. The van der Waals surface area contributed by atoms with Crippen LogP contribution in [0.5, 0.6) is 0 Å². The molecular weight excluding hydrogens is 865 g/mol. The molecule has 0 aromatic heterocycles. The fourth-order valence-corrected chi connectivity index (χ4v) is 7.19. The quantitative estimate of drug-likeness (QED) is 0.0262. The van der Waals surface area contributed by atoms with E-state index in [4.69, 9.17) is 14.2 Å². The molecule has 0 amide bonds. The van der Waals surface area contributed by atoms with E-state index in [1.165, 1.54) is 57.8 Å². The molecule has 0 radical (unpaired) electrons. The molecule has 0 aliphatic carbocycles. The summed E-state index contributed by atoms with van der Waals surface area (Å²) in [6, 6.07) is 0. The van der Waals surface area contributed by atoms with E-state index in [-0.39, 0.29) is 31.1 Å². The van der Waals surface area contributed by atoms with Crippen LogP contribution in [-0.2, 0) is 28.6 Å². The van der Waals surface area contributed by atoms with Crippen molar-refractivity contribution < 1.29 is 28.6 Å². The Morgan fingerprint density at radius 1 is 0.300 bits per heavy atom. The minimum Gasteiger partial charge on any atom is -0.462 e. The molecule has 0 rings (SSSR count). The van der Waals surface area contributed by atoms with Gasteiger partial charge in [0, 0.05) is 19.3 Å². The summed E-state index contributed by atoms with van der Waals surface area (Å²) in [5.74, 6) is -0.999. The molecular formula is C64H102O6. The minimum absolute atomic E-state index is 0.115. The zero-order valence-corrected chi connectivity index (χ0v) is 45.0. The van der Waals surface area contributed by atoms with Crippen molar-refractivity contribution in [2.24, 2.45) is 0 Å². The van der Waals surface area contributed by atoms with Crippen LogP contribution in [0.15, 0.2) is 134 Å². The van der Waals surface area contributed by atoms with E-state index in [0.717, 1.165) is 128 Å². The van der Waals surface area contributed by atoms with Crippen LogP contribution in [0.1, 0.15) is 233 Å². The van der Waals surface area contributed by atoms with Gasteiger partial charge in [-0.05, 0) is 135 Å². The Labute approximate surface area is 430 Å². The molecule has 70 heavy (non-hydrogen) atoms. The molecule has 6 nitrogen and oxygen atoms in total. The summed E-state index contributed by atoms with van der Waals surface area (Å²) in [7, 11) is 0. The summed E-state index contributed by atoms with van der Waals surface area (Å²) in [5, 5.41) is 0. The van der Waals surface area contributed by atoms with Crippen molar-refractivity contribution in [1.29, 1.82) is 0 Å². The van der Waals surface area contributed by atoms with E-state index in [1.54, 1.807) is 0 Å². The largest absolute Gasteiger partial charge is 0.462 e. The number of hydrogen-bond acceptors (Lipinski definition) is 6. The molecule has 0 N–H and O–H groups in total. The van der Waals surface area contributed by atoms with Gasteiger partial charge in [0.25, 0.3) is 0 Å². The van der Waals surface area contributed by atoms with Crippen molar-refractivity contribution in [2.45, 2.75) is 239 Å². The Kier molecular flexibility index (Phi) is 53.5. The third-order valence-electron chi connectivity index (χ3n) is 11.4. The van der Waals surface area contributed by atoms with Gasteiger partial charge in [-0.1, -0.05) is 212 Å². The summed E-state index contributed by atoms with van der Waals surface area (Å²) in [6.45, 7) is 6.31. The molecule has 0 spiro atoms. The Bertz CT molecular complexity index is 1530. The fraction of sp³-hybridized carbons (Fsp3) is 0.609. The highest BCUT2D eigenvalue weighted by molar-refractivity contribution is 5.71. The van der Waals surface area contributed by atoms with Crippen molar-refractivity contribution in [3.05, 3.63) is 134 Å². The molecule has 0 saturated heterocycles. The average molecular weight is 968 g/mol. The third kappa shape index (κ3) is 54.5. The third-order valence-corrected chi connectivity index (χ3v) is 11.4. The van der Waals surface area contributed by atoms with Crippen LogP contribution in [0.3, 0.4) is 0 Å². The van der Waals surface area contributed by atoms with Crippen LogP contribution in [0.2, 0.25) is 0 Å². The zero-order chi connectivity index (χ0) is 50.7. The number of esters is 3. The first kappa shape index (κ1) is 65.5. The van der Waals surface area contributed by atoms with Crippen molar-refractivity contribution in [2.75, 3.05) is 13.2 Å². The smallest absolute Gasteiger partial charge is 0.306 e. The standard InChI is InChI=1S/C64H102O6/c1-4-7-10-13-16-19-22-25-27-29-31-32-33-35-36-39-42-45-48-51-54-57-63(66)69-60-61(59-68-62(65)56-53-50-47-44-41-38-24-21-18-15-12-9-6-3)70-64(67)58-55-52-49-46-43-40-37-34-30-28-26-23-20-17-14-11-8-5-2/h7,9-10,12,16,18-21,23,25,27-28,30-32,35-36,38,41-42,45,61H,4-6,8,11,13-15,17,22,24,26,29,33-34,37,39-40,43-44,46-60H2,1-3H3/b10-7-,12-9-,19-16-,21-18-,23-20-,27-25-,30-28-,32-31-,36-35-,41-38-,45-42-. The molecule has 394 valence electrons. The van der Waals surface area contributed by atoms with Crippen LogP contribution in [-0.4, -0.2) is 37.2 Å². The molecule has 0 aromatic carbocycles. The minimum atomic E-state index is -0.818. The molecule has 1 atom stereocenters. The predicted octanol–water partition coefficient (Wildman–Crippen LogP) is 19.0. The van der Waals surface area contributed by atoms with Gasteiger partial charge in [0.15, 0.2) is 6.10 Å². The Hall–Kier alpha value is -4.45. The predicted molar refractivity (Wildman–Crippen MR) is 302 cm³/mol. The van der Waals surface area contributed by atoms with E-state index < -0.39 is 6.10 Å². The van der Waals surface area contributed by atoms with E-state index in [9.17, 15) is 14.4 Å². The molecule has 0 fully saturated rings. The van der Waals surface area contributed by atoms with Gasteiger partial charge >= 0.3 is 17.9 Å². The van der Waals surface area contributed by atoms with Crippen LogP contribution in [0, 0.1) is 0 Å². The summed E-state index contributed by atoms with van der Waals surface area (Å²) >= 11 is 0. The van der Waals surface area contributed by atoms with Crippen LogP contribution in [0.25, 0.3) is 0 Å². The molecule has 0 saturated carbocycles. The van der Waals surface area contributed by atoms with Gasteiger partial charge in [0.2, 0.25) is 0 Å². The van der Waals surface area contributed by atoms with Crippen molar-refractivity contribution >= 4 is 17.9 Å². The van der Waals surface area contributed by atoms with Crippen molar-refractivity contribution in [1.82, 2.24) is 0 Å². The lowest BCUT2D eigenvalue weighted by Gasteiger charge is -2.18. The SMILES string of the molecule is CC/C=C\C/C=C\C/C=C\C/C=C\C/C=C\C/C=C\CCCCC(=O)OCC(COC(=O)CCCCC/C=C\C/C=C\C/C=C\CC)OC(=O)CCCCCCCCC/C=C\C/C=C\CCCCCC. The lowest BCUT2D eigenvalue weighted by molar-refractivity contribution is -0.167. The maximum Gasteiger partial charge on any atom is 0.306 e. The van der Waals surface area contributed by atoms with Gasteiger partial charge in [-0.2, -0.15) is 0 Å². The highest BCUT2D eigenvalue weighted by atomic mass is 16.6. The number of allylic oxidation sites excluding steroid dienone is 22. The van der Waals surface area contributed by atoms with Gasteiger partial charge in [0.05, 0.1) is 0 Å². The topological polar surface area (TPSA) is 78.9 Å². The van der Waals surface area contributed by atoms with Crippen LogP contribution < -0.4 is 0 Å². The molecule has 0 aliphatic rings. The first-order chi connectivity index (χ1) is 34.5. The lowest BCUT2D eigenvalue weighted by atomic mass is 10.1. The number of carbonyl (C=O) groups excluding carboxylic acids is 3. The van der Waals surface area contributed by atoms with Crippen LogP contribution in [0.4, 0.5) is 0 Å². The Morgan fingerprint density at radius 2 is 0.557 bits per heavy atom. The van der Waals surface area contributed by atoms with Gasteiger partial charge < -0.3 is 14.2 Å². The summed E-state index contributed by atoms with van der Waals surface area (Å²) in [5.41, 5.74) is 0. The van der Waals surface area contributed by atoms with E-state index in [0.29, 0.717) is 25.7 Å². The van der Waals surface area contributed by atoms with Crippen LogP contribution >= 0.6 is 0 Å². The zero-order valence-electron chi connectivity index (χ0n) is 45.0.